The topological polar surface area (TPSA) is 190 Å². The van der Waals surface area contributed by atoms with Gasteiger partial charge < -0.3 is 24.6 Å². The lowest BCUT2D eigenvalue weighted by atomic mass is 10.1. The van der Waals surface area contributed by atoms with Crippen molar-refractivity contribution in [3.8, 4) is 22.8 Å². The van der Waals surface area contributed by atoms with Gasteiger partial charge in [0.15, 0.2) is 16.8 Å². The largest absolute Gasteiger partial charge is 0.409 e. The number of hydrogen-bond donors (Lipinski definition) is 3. The number of amidine groups is 1. The van der Waals surface area contributed by atoms with E-state index in [4.69, 9.17) is 39.9 Å². The summed E-state index contributed by atoms with van der Waals surface area (Å²) >= 11 is 10.0. The number of thiocarbonyl (C=S) groups is 1. The highest BCUT2D eigenvalue weighted by Crippen LogP contribution is 2.30. The van der Waals surface area contributed by atoms with Gasteiger partial charge in [-0.2, -0.15) is 4.98 Å². The van der Waals surface area contributed by atoms with E-state index in [1.165, 1.54) is 0 Å². The van der Waals surface area contributed by atoms with Crippen molar-refractivity contribution in [1.29, 1.82) is 0 Å². The summed E-state index contributed by atoms with van der Waals surface area (Å²) in [6, 6.07) is 37.5. The fourth-order valence-corrected chi connectivity index (χ4v) is 8.01. The van der Waals surface area contributed by atoms with E-state index < -0.39 is 0 Å². The number of hydrogen-bond acceptors (Lipinski definition) is 10. The van der Waals surface area contributed by atoms with Crippen molar-refractivity contribution in [1.82, 2.24) is 47.5 Å². The maximum absolute atomic E-state index is 12.8. The zero-order valence-electron chi connectivity index (χ0n) is 34.0. The average molecular weight is 885 g/mol. The van der Waals surface area contributed by atoms with Gasteiger partial charge in [-0.1, -0.05) is 41.6 Å². The first-order valence-corrected chi connectivity index (χ1v) is 20.4. The molecule has 0 aliphatic heterocycles. The molecule has 0 fully saturated rings. The Kier molecular flexibility index (Phi) is 10.9. The number of pyridine rings is 2. The van der Waals surface area contributed by atoms with Crippen LogP contribution >= 0.6 is 24.4 Å². The van der Waals surface area contributed by atoms with Gasteiger partial charge in [-0.05, 0) is 97.2 Å². The quantitative estimate of drug-likeness (QED) is 0.0524. The third kappa shape index (κ3) is 7.48. The third-order valence-electron chi connectivity index (χ3n) is 10.7. The van der Waals surface area contributed by atoms with Crippen LogP contribution < -0.4 is 16.9 Å². The molecule has 4 N–H and O–H groups in total. The molecule has 0 amide bonds. The van der Waals surface area contributed by atoms with E-state index in [1.54, 1.807) is 92.1 Å². The first kappa shape index (κ1) is 40.9. The lowest BCUT2D eigenvalue weighted by molar-refractivity contribution is 0.318. The van der Waals surface area contributed by atoms with Crippen molar-refractivity contribution in [2.75, 3.05) is 0 Å². The number of fused-ring (bicyclic) bond motifs is 6. The van der Waals surface area contributed by atoms with E-state index in [-0.39, 0.29) is 21.8 Å². The molecule has 4 aromatic carbocycles. The number of benzene rings is 4. The minimum Gasteiger partial charge on any atom is -0.409 e. The number of nitrogens with zero attached hydrogens (tertiary/aromatic N) is 10. The molecule has 11 rings (SSSR count). The lowest BCUT2D eigenvalue weighted by Gasteiger charge is -2.09. The summed E-state index contributed by atoms with van der Waals surface area (Å²) in [6.45, 7) is 0. The average Bonchev–Trinajstić information content (AvgIpc) is 4.20. The van der Waals surface area contributed by atoms with Gasteiger partial charge in [0, 0.05) is 84.3 Å². The van der Waals surface area contributed by atoms with E-state index in [0.29, 0.717) is 16.5 Å². The summed E-state index contributed by atoms with van der Waals surface area (Å²) in [7, 11) is 4.00. The van der Waals surface area contributed by atoms with E-state index >= 15 is 0 Å². The number of aromatic amines is 1. The molecule has 7 heterocycles. The highest BCUT2D eigenvalue weighted by Gasteiger charge is 2.16. The summed E-state index contributed by atoms with van der Waals surface area (Å²) in [4.78, 5) is 37.4. The zero-order valence-corrected chi connectivity index (χ0v) is 35.7. The molecule has 0 saturated carbocycles. The number of para-hydroxylation sites is 2. The van der Waals surface area contributed by atoms with Gasteiger partial charge in [0.25, 0.3) is 11.1 Å². The van der Waals surface area contributed by atoms with Crippen LogP contribution in [0.25, 0.3) is 66.6 Å². The number of aromatic nitrogens is 10. The molecular formula is C46H36N12O4S2. The number of aryl methyl sites for hydroxylation is 2. The summed E-state index contributed by atoms with van der Waals surface area (Å²) in [6.07, 6.45) is 10.3. The highest BCUT2D eigenvalue weighted by atomic mass is 32.1. The Balaban J connectivity index is 0.000000130. The smallest absolute Gasteiger partial charge is 0.314 e. The van der Waals surface area contributed by atoms with Crippen LogP contribution in [-0.2, 0) is 14.1 Å². The number of nitrogens with two attached hydrogens (primary N) is 1. The SMILES string of the molecule is Cn1c2ccccc2c2c1ccc(=O)n2-c1ccc(-c2nc(=S)o[nH]2)cc1.Cn1c2ccccc2c2c1ccc(=O)n2-c1ccc(/C(N)=N/O)cc1.S=C(n1ccnc1)n1ccnc1. The van der Waals surface area contributed by atoms with Gasteiger partial charge >= 0.3 is 4.84 Å². The van der Waals surface area contributed by atoms with E-state index in [9.17, 15) is 9.59 Å². The maximum atomic E-state index is 12.8. The first-order chi connectivity index (χ1) is 31.1. The highest BCUT2D eigenvalue weighted by molar-refractivity contribution is 7.80. The molecule has 0 aliphatic carbocycles. The molecule has 7 aromatic heterocycles. The molecular weight excluding hydrogens is 849 g/mol. The van der Waals surface area contributed by atoms with Crippen LogP contribution in [0.3, 0.4) is 0 Å². The molecule has 18 heteroatoms. The Bertz CT molecular complexity index is 3650. The second-order valence-electron chi connectivity index (χ2n) is 14.4. The van der Waals surface area contributed by atoms with E-state index in [2.05, 4.69) is 40.5 Å². The summed E-state index contributed by atoms with van der Waals surface area (Å²) in [5.74, 6) is 0.588. The predicted molar refractivity (Wildman–Crippen MR) is 253 cm³/mol. The lowest BCUT2D eigenvalue weighted by Crippen LogP contribution is -2.18. The van der Waals surface area contributed by atoms with Crippen molar-refractivity contribution < 1.29 is 9.73 Å². The molecule has 0 saturated heterocycles. The van der Waals surface area contributed by atoms with Crippen LogP contribution in [0.1, 0.15) is 5.56 Å². The Morgan fingerprint density at radius 3 is 1.59 bits per heavy atom. The Hall–Kier alpha value is -8.48. The number of oxime groups is 1. The molecule has 0 radical (unpaired) electrons. The molecule has 0 aliphatic rings. The summed E-state index contributed by atoms with van der Waals surface area (Å²) < 4.78 is 16.1. The van der Waals surface area contributed by atoms with Gasteiger partial charge in [-0.15, -0.1) is 0 Å². The summed E-state index contributed by atoms with van der Waals surface area (Å²) in [5.41, 5.74) is 14.2. The number of rotatable bonds is 4. The van der Waals surface area contributed by atoms with Crippen molar-refractivity contribution >= 4 is 79.3 Å². The van der Waals surface area contributed by atoms with Crippen LogP contribution in [0.4, 0.5) is 0 Å². The standard InChI is InChI=1S/C20H14N4O2S.C19H16N4O2.C7H6N4S/c1-23-15-5-3-2-4-14(15)18-16(23)10-11-17(25)24(18)13-8-6-12(7-9-13)19-21-20(27)26-22-19;1-22-15-5-3-2-4-14(15)18-16(22)10-11-17(24)23(18)13-8-6-12(7-9-13)19(20)21-25;12-7(10-3-1-8-5-10)11-4-2-9-6-11/h2-11H,1H3,(H,21,22,27);2-11,25H,1H3,(H2,20,21);1-6H. The number of H-pyrrole nitrogens is 1. The zero-order chi connectivity index (χ0) is 44.5. The molecule has 0 unspecified atom stereocenters. The molecule has 64 heavy (non-hydrogen) atoms. The Morgan fingerprint density at radius 2 is 1.16 bits per heavy atom. The third-order valence-corrected chi connectivity index (χ3v) is 11.3. The van der Waals surface area contributed by atoms with Crippen molar-refractivity contribution in [3.05, 3.63) is 190 Å². The molecule has 0 spiro atoms. The Morgan fingerprint density at radius 1 is 0.672 bits per heavy atom. The number of imidazole rings is 2. The minimum absolute atomic E-state index is 0.0299. The van der Waals surface area contributed by atoms with E-state index in [0.717, 1.165) is 60.8 Å². The number of nitrogens with one attached hydrogen (secondary N) is 1. The molecule has 16 nitrogen and oxygen atoms in total. The van der Waals surface area contributed by atoms with Gasteiger partial charge in [0.05, 0.1) is 33.1 Å². The fraction of sp³-hybridized carbons (Fsp3) is 0.0435. The molecule has 11 aromatic rings. The van der Waals surface area contributed by atoms with Gasteiger partial charge in [-0.3, -0.25) is 27.9 Å². The summed E-state index contributed by atoms with van der Waals surface area (Å²) in [5, 5.41) is 17.2. The van der Waals surface area contributed by atoms with Crippen LogP contribution in [0.15, 0.2) is 178 Å². The van der Waals surface area contributed by atoms with Gasteiger partial charge in [0.2, 0.25) is 0 Å². The molecule has 0 bridgehead atoms. The van der Waals surface area contributed by atoms with Crippen molar-refractivity contribution in [2.24, 2.45) is 25.0 Å². The first-order valence-electron chi connectivity index (χ1n) is 19.6. The van der Waals surface area contributed by atoms with Gasteiger partial charge in [-0.25, -0.2) is 15.1 Å². The minimum atomic E-state index is -0.111. The normalized spacial score (nSPS) is 11.4. The fourth-order valence-electron chi connectivity index (χ4n) is 7.66. The van der Waals surface area contributed by atoms with Crippen LogP contribution in [0.5, 0.6) is 0 Å². The monoisotopic (exact) mass is 884 g/mol. The van der Waals surface area contributed by atoms with Crippen molar-refractivity contribution in [2.45, 2.75) is 0 Å². The van der Waals surface area contributed by atoms with Gasteiger partial charge in [0.1, 0.15) is 12.7 Å². The van der Waals surface area contributed by atoms with E-state index in [1.807, 2.05) is 93.0 Å². The van der Waals surface area contributed by atoms with Crippen molar-refractivity contribution in [3.63, 3.8) is 0 Å². The van der Waals surface area contributed by atoms with Crippen LogP contribution in [0.2, 0.25) is 0 Å². The maximum Gasteiger partial charge on any atom is 0.314 e. The molecule has 316 valence electrons. The van der Waals surface area contributed by atoms with Crippen LogP contribution in [-0.4, -0.2) is 63.7 Å². The second kappa shape index (κ2) is 17.1. The molecule has 0 atom stereocenters. The predicted octanol–water partition coefficient (Wildman–Crippen LogP) is 7.53. The Labute approximate surface area is 372 Å². The second-order valence-corrected chi connectivity index (χ2v) is 15.1. The van der Waals surface area contributed by atoms with Crippen LogP contribution in [0, 0.1) is 4.84 Å².